The van der Waals surface area contributed by atoms with Crippen molar-refractivity contribution in [3.8, 4) is 0 Å². The first-order valence-electron chi connectivity index (χ1n) is 7.52. The number of rotatable bonds is 5. The van der Waals surface area contributed by atoms with Crippen LogP contribution < -0.4 is 16.0 Å². The number of nitrogens with zero attached hydrogens (tertiary/aromatic N) is 1. The van der Waals surface area contributed by atoms with Gasteiger partial charge in [-0.1, -0.05) is 0 Å². The second-order valence-corrected chi connectivity index (χ2v) is 5.58. The second-order valence-electron chi connectivity index (χ2n) is 5.58. The van der Waals surface area contributed by atoms with Crippen molar-refractivity contribution in [1.82, 2.24) is 4.98 Å². The summed E-state index contributed by atoms with van der Waals surface area (Å²) in [6, 6.07) is 11.0. The molecule has 0 unspecified atom stereocenters. The van der Waals surface area contributed by atoms with Crippen LogP contribution in [0.5, 0.6) is 0 Å². The minimum Gasteiger partial charge on any atom is -0.354 e. The van der Waals surface area contributed by atoms with Crippen LogP contribution in [0.1, 0.15) is 19.8 Å². The van der Waals surface area contributed by atoms with E-state index in [9.17, 15) is 9.59 Å². The summed E-state index contributed by atoms with van der Waals surface area (Å²) in [4.78, 5) is 26.9. The summed E-state index contributed by atoms with van der Waals surface area (Å²) in [5.74, 6) is 0.677. The zero-order valence-electron chi connectivity index (χ0n) is 12.8. The van der Waals surface area contributed by atoms with Crippen molar-refractivity contribution in [2.75, 3.05) is 16.0 Å². The topological polar surface area (TPSA) is 83.1 Å². The predicted octanol–water partition coefficient (Wildman–Crippen LogP) is 3.13. The van der Waals surface area contributed by atoms with E-state index in [0.29, 0.717) is 5.82 Å². The van der Waals surface area contributed by atoms with E-state index in [1.807, 2.05) is 30.3 Å². The van der Waals surface area contributed by atoms with Crippen molar-refractivity contribution in [2.45, 2.75) is 19.8 Å². The molecule has 118 valence electrons. The summed E-state index contributed by atoms with van der Waals surface area (Å²) >= 11 is 0. The molecule has 0 bridgehead atoms. The summed E-state index contributed by atoms with van der Waals surface area (Å²) in [5.41, 5.74) is 2.46. The Morgan fingerprint density at radius 2 is 1.61 bits per heavy atom. The Bertz CT molecular complexity index is 706. The molecule has 6 heteroatoms. The van der Waals surface area contributed by atoms with Gasteiger partial charge in [0.05, 0.1) is 11.9 Å². The highest BCUT2D eigenvalue weighted by atomic mass is 16.2. The zero-order chi connectivity index (χ0) is 16.2. The maximum absolute atomic E-state index is 11.7. The number of amides is 2. The van der Waals surface area contributed by atoms with Crippen molar-refractivity contribution in [1.29, 1.82) is 0 Å². The van der Waals surface area contributed by atoms with Crippen LogP contribution in [-0.2, 0) is 9.59 Å². The highest BCUT2D eigenvalue weighted by molar-refractivity contribution is 5.93. The SMILES string of the molecule is CC(=O)Nc1ccc(Nc2ccc(NC(=O)C3CC3)nc2)cc1. The van der Waals surface area contributed by atoms with Crippen LogP contribution in [0.25, 0.3) is 0 Å². The van der Waals surface area contributed by atoms with Gasteiger partial charge in [-0.25, -0.2) is 4.98 Å². The van der Waals surface area contributed by atoms with Crippen LogP contribution in [0, 0.1) is 5.92 Å². The molecule has 0 aliphatic heterocycles. The summed E-state index contributed by atoms with van der Waals surface area (Å²) in [5, 5.41) is 8.73. The first kappa shape index (κ1) is 15.0. The summed E-state index contributed by atoms with van der Waals surface area (Å²) in [6.07, 6.45) is 3.62. The van der Waals surface area contributed by atoms with Gasteiger partial charge in [0.2, 0.25) is 11.8 Å². The smallest absolute Gasteiger partial charge is 0.228 e. The lowest BCUT2D eigenvalue weighted by Gasteiger charge is -2.09. The Balaban J connectivity index is 1.59. The van der Waals surface area contributed by atoms with E-state index < -0.39 is 0 Å². The number of pyridine rings is 1. The molecule has 3 N–H and O–H groups in total. The maximum atomic E-state index is 11.7. The predicted molar refractivity (Wildman–Crippen MR) is 89.6 cm³/mol. The van der Waals surface area contributed by atoms with E-state index in [-0.39, 0.29) is 17.7 Å². The summed E-state index contributed by atoms with van der Waals surface area (Å²) < 4.78 is 0. The van der Waals surface area contributed by atoms with Gasteiger partial charge in [0, 0.05) is 24.2 Å². The average molecular weight is 310 g/mol. The first-order chi connectivity index (χ1) is 11.1. The van der Waals surface area contributed by atoms with Crippen LogP contribution in [0.4, 0.5) is 22.9 Å². The van der Waals surface area contributed by atoms with Crippen molar-refractivity contribution in [3.05, 3.63) is 42.6 Å². The Morgan fingerprint density at radius 1 is 0.957 bits per heavy atom. The number of carbonyl (C=O) groups excluding carboxylic acids is 2. The fourth-order valence-corrected chi connectivity index (χ4v) is 2.12. The van der Waals surface area contributed by atoms with Crippen molar-refractivity contribution < 1.29 is 9.59 Å². The third-order valence-electron chi connectivity index (χ3n) is 3.46. The number of hydrogen-bond acceptors (Lipinski definition) is 4. The van der Waals surface area contributed by atoms with Gasteiger partial charge >= 0.3 is 0 Å². The molecule has 1 saturated carbocycles. The van der Waals surface area contributed by atoms with Gasteiger partial charge in [0.15, 0.2) is 0 Å². The number of hydrogen-bond donors (Lipinski definition) is 3. The van der Waals surface area contributed by atoms with Crippen LogP contribution in [0.3, 0.4) is 0 Å². The quantitative estimate of drug-likeness (QED) is 0.792. The van der Waals surface area contributed by atoms with E-state index in [4.69, 9.17) is 0 Å². The van der Waals surface area contributed by atoms with Gasteiger partial charge in [-0.2, -0.15) is 0 Å². The molecule has 6 nitrogen and oxygen atoms in total. The standard InChI is InChI=1S/C17H18N4O2/c1-11(22)19-13-4-6-14(7-5-13)20-15-8-9-16(18-10-15)21-17(23)12-2-3-12/h4-10,12,20H,2-3H2,1H3,(H,19,22)(H,18,21,23). The van der Waals surface area contributed by atoms with Crippen molar-refractivity contribution in [3.63, 3.8) is 0 Å². The van der Waals surface area contributed by atoms with E-state index in [1.54, 1.807) is 12.3 Å². The number of anilines is 4. The summed E-state index contributed by atoms with van der Waals surface area (Å²) in [6.45, 7) is 1.47. The fraction of sp³-hybridized carbons (Fsp3) is 0.235. The highest BCUT2D eigenvalue weighted by Crippen LogP contribution is 2.30. The Hall–Kier alpha value is -2.89. The molecule has 0 saturated heterocycles. The van der Waals surface area contributed by atoms with Gasteiger partial charge in [-0.15, -0.1) is 0 Å². The molecule has 2 aromatic rings. The molecule has 1 fully saturated rings. The first-order valence-corrected chi connectivity index (χ1v) is 7.52. The molecule has 3 rings (SSSR count). The zero-order valence-corrected chi connectivity index (χ0v) is 12.8. The Kier molecular flexibility index (Phi) is 4.23. The van der Waals surface area contributed by atoms with Crippen LogP contribution in [-0.4, -0.2) is 16.8 Å². The molecule has 1 aliphatic carbocycles. The van der Waals surface area contributed by atoms with Gasteiger partial charge < -0.3 is 16.0 Å². The second kappa shape index (κ2) is 6.48. The fourth-order valence-electron chi connectivity index (χ4n) is 2.12. The third-order valence-corrected chi connectivity index (χ3v) is 3.46. The lowest BCUT2D eigenvalue weighted by Crippen LogP contribution is -2.14. The molecular weight excluding hydrogens is 292 g/mol. The van der Waals surface area contributed by atoms with Crippen LogP contribution >= 0.6 is 0 Å². The molecule has 1 heterocycles. The third kappa shape index (κ3) is 4.29. The van der Waals surface area contributed by atoms with Crippen LogP contribution in [0.2, 0.25) is 0 Å². The Labute approximate surface area is 134 Å². The van der Waals surface area contributed by atoms with Crippen LogP contribution in [0.15, 0.2) is 42.6 Å². The minimum atomic E-state index is -0.0984. The number of carbonyl (C=O) groups is 2. The molecule has 23 heavy (non-hydrogen) atoms. The Morgan fingerprint density at radius 3 is 2.17 bits per heavy atom. The molecular formula is C17H18N4O2. The van der Waals surface area contributed by atoms with E-state index in [0.717, 1.165) is 29.9 Å². The molecule has 2 amide bonds. The van der Waals surface area contributed by atoms with Gasteiger partial charge in [-0.05, 0) is 49.2 Å². The van der Waals surface area contributed by atoms with E-state index in [1.165, 1.54) is 6.92 Å². The molecule has 1 aliphatic rings. The monoisotopic (exact) mass is 310 g/mol. The van der Waals surface area contributed by atoms with Crippen molar-refractivity contribution in [2.24, 2.45) is 5.92 Å². The van der Waals surface area contributed by atoms with Gasteiger partial charge in [0.1, 0.15) is 5.82 Å². The highest BCUT2D eigenvalue weighted by Gasteiger charge is 2.29. The molecule has 0 spiro atoms. The number of nitrogens with one attached hydrogen (secondary N) is 3. The van der Waals surface area contributed by atoms with Gasteiger partial charge in [-0.3, -0.25) is 9.59 Å². The minimum absolute atomic E-state index is 0.0479. The normalized spacial score (nSPS) is 13.3. The lowest BCUT2D eigenvalue weighted by atomic mass is 10.2. The van der Waals surface area contributed by atoms with Gasteiger partial charge in [0.25, 0.3) is 0 Å². The van der Waals surface area contributed by atoms with E-state index in [2.05, 4.69) is 20.9 Å². The number of aromatic nitrogens is 1. The lowest BCUT2D eigenvalue weighted by molar-refractivity contribution is -0.117. The largest absolute Gasteiger partial charge is 0.354 e. The summed E-state index contributed by atoms with van der Waals surface area (Å²) in [7, 11) is 0. The average Bonchev–Trinajstić information content (AvgIpc) is 3.35. The number of benzene rings is 1. The molecule has 1 aromatic heterocycles. The maximum Gasteiger partial charge on any atom is 0.228 e. The molecule has 0 atom stereocenters. The molecule has 0 radical (unpaired) electrons. The molecule has 1 aromatic carbocycles. The van der Waals surface area contributed by atoms with E-state index >= 15 is 0 Å². The van der Waals surface area contributed by atoms with Crippen molar-refractivity contribution >= 4 is 34.7 Å².